The molecule has 84 valence electrons. The molecule has 0 saturated heterocycles. The lowest BCUT2D eigenvalue weighted by molar-refractivity contribution is -0.115. The molecule has 0 fully saturated rings. The highest BCUT2D eigenvalue weighted by molar-refractivity contribution is 7.08. The van der Waals surface area contributed by atoms with Crippen LogP contribution in [-0.2, 0) is 4.79 Å². The average Bonchev–Trinajstić information content (AvgIpc) is 2.26. The Hall–Kier alpha value is -0.175. The van der Waals surface area contributed by atoms with E-state index in [1.54, 1.807) is 0 Å². The molecule has 0 bridgehead atoms. The average molecular weight is 207 g/mol. The quantitative estimate of drug-likeness (QED) is 0.390. The van der Waals surface area contributed by atoms with Crippen molar-refractivity contribution in [2.45, 2.75) is 45.4 Å². The highest BCUT2D eigenvalue weighted by Crippen LogP contribution is 2.16. The van der Waals surface area contributed by atoms with Gasteiger partial charge in [-0.1, -0.05) is 26.2 Å². The fraction of sp³-hybridized carbons (Fsp3) is 0.900. The molecule has 0 unspecified atom stereocenters. The fourth-order valence-electron chi connectivity index (χ4n) is 1.97. The molecule has 0 aromatic heterocycles. The normalized spacial score (nSPS) is 12.3. The van der Waals surface area contributed by atoms with E-state index in [-0.39, 0.29) is 0 Å². The molecule has 0 aromatic carbocycles. The summed E-state index contributed by atoms with van der Waals surface area (Å²) in [5.41, 5.74) is 0.463. The van der Waals surface area contributed by atoms with Crippen molar-refractivity contribution in [1.29, 1.82) is 0 Å². The van der Waals surface area contributed by atoms with Gasteiger partial charge in [-0.15, -0.1) is 0 Å². The van der Waals surface area contributed by atoms with Gasteiger partial charge in [0.25, 0.3) is 0 Å². The summed E-state index contributed by atoms with van der Waals surface area (Å²) in [5.74, 6) is 0.342. The van der Waals surface area contributed by atoms with Crippen LogP contribution in [0.3, 0.4) is 0 Å². The van der Waals surface area contributed by atoms with Gasteiger partial charge < -0.3 is 10.0 Å². The van der Waals surface area contributed by atoms with Crippen LogP contribution in [0.5, 0.6) is 0 Å². The second-order valence-corrected chi connectivity index (χ2v) is 4.26. The topological polar surface area (TPSA) is 29.1 Å². The van der Waals surface area contributed by atoms with Crippen LogP contribution in [-0.4, -0.2) is 35.1 Å². The van der Waals surface area contributed by atoms with E-state index in [4.69, 9.17) is 0 Å². The molecule has 0 saturated carbocycles. The summed E-state index contributed by atoms with van der Waals surface area (Å²) in [4.78, 5) is 11.6. The Kier molecular flexibility index (Phi) is 10.2. The molecule has 0 rings (SSSR count). The van der Waals surface area contributed by atoms with Crippen LogP contribution >= 0.6 is 0 Å². The predicted octanol–water partition coefficient (Wildman–Crippen LogP) is -0.388. The number of carbonyl (C=O) groups excluding carboxylic acids is 1. The van der Waals surface area contributed by atoms with Gasteiger partial charge in [-0.25, -0.2) is 0 Å². The molecule has 0 aromatic rings. The van der Waals surface area contributed by atoms with Crippen molar-refractivity contribution in [1.82, 2.24) is 5.23 Å². The molecule has 0 spiro atoms. The van der Waals surface area contributed by atoms with Gasteiger partial charge in [-0.2, -0.15) is 0 Å². The van der Waals surface area contributed by atoms with E-state index in [2.05, 4.69) is 12.2 Å². The van der Waals surface area contributed by atoms with Crippen molar-refractivity contribution in [2.75, 3.05) is 6.54 Å². The van der Waals surface area contributed by atoms with Crippen molar-refractivity contribution in [3.05, 3.63) is 0 Å². The molecule has 0 radical (unpaired) electrons. The molecular weight excluding hydrogens is 183 g/mol. The van der Waals surface area contributed by atoms with Crippen molar-refractivity contribution in [3.8, 4) is 0 Å². The van der Waals surface area contributed by atoms with Gasteiger partial charge in [-0.3, -0.25) is 0 Å². The molecule has 0 aliphatic heterocycles. The molecule has 0 aliphatic rings. The van der Waals surface area contributed by atoms with Gasteiger partial charge in [-0.05, 0) is 25.8 Å². The summed E-state index contributed by atoms with van der Waals surface area (Å²) in [6.07, 6.45) is 7.00. The van der Waals surface area contributed by atoms with Crippen LogP contribution in [0.1, 0.15) is 45.4 Å². The molecule has 1 N–H and O–H groups in total. The Morgan fingerprint density at radius 3 is 2.60 bits per heavy atom. The van der Waals surface area contributed by atoms with Crippen LogP contribution in [0.2, 0.25) is 0 Å². The first-order valence-corrected chi connectivity index (χ1v) is 6.43. The van der Waals surface area contributed by atoms with E-state index in [1.807, 2.05) is 15.7 Å². The van der Waals surface area contributed by atoms with Crippen molar-refractivity contribution in [2.24, 2.45) is 5.92 Å². The third-order valence-electron chi connectivity index (χ3n) is 2.92. The van der Waals surface area contributed by atoms with Crippen LogP contribution in [0.15, 0.2) is 0 Å². The molecule has 15 heavy (non-hydrogen) atoms. The molecule has 2 nitrogen and oxygen atoms in total. The monoisotopic (exact) mass is 207 g/mol. The molecule has 5 heteroatoms. The Bertz CT molecular complexity index is 167. The lowest BCUT2D eigenvalue weighted by Gasteiger charge is -2.13. The van der Waals surface area contributed by atoms with Gasteiger partial charge in [0.05, 0.1) is 13.4 Å². The largest absolute Gasteiger partial charge is 0.362 e. The van der Waals surface area contributed by atoms with Crippen molar-refractivity contribution in [3.63, 3.8) is 0 Å². The van der Waals surface area contributed by atoms with Gasteiger partial charge in [0.2, 0.25) is 0 Å². The van der Waals surface area contributed by atoms with E-state index < -0.39 is 0 Å². The maximum absolute atomic E-state index is 11.6. The Balaban J connectivity index is 3.61. The number of hydrogen-bond donors (Lipinski definition) is 1. The minimum Gasteiger partial charge on any atom is -0.362 e. The van der Waals surface area contributed by atoms with E-state index in [1.165, 1.54) is 19.3 Å². The summed E-state index contributed by atoms with van der Waals surface area (Å²) in [7, 11) is 4.67. The summed E-state index contributed by atoms with van der Waals surface area (Å²) >= 11 is 0. The van der Waals surface area contributed by atoms with Gasteiger partial charge >= 0.3 is 0 Å². The summed E-state index contributed by atoms with van der Waals surface area (Å²) in [6, 6.07) is 0. The highest BCUT2D eigenvalue weighted by Gasteiger charge is 2.14. The molecule has 1 atom stereocenters. The van der Waals surface area contributed by atoms with Gasteiger partial charge in [0.15, 0.2) is 15.2 Å². The molecule has 0 heterocycles. The van der Waals surface area contributed by atoms with E-state index in [0.717, 1.165) is 25.8 Å². The zero-order chi connectivity index (χ0) is 11.5. The minimum atomic E-state index is 0.342. The third-order valence-corrected chi connectivity index (χ3v) is 2.92. The van der Waals surface area contributed by atoms with Gasteiger partial charge in [0.1, 0.15) is 0 Å². The second-order valence-electron chi connectivity index (χ2n) is 4.26. The number of carbonyl (C=O) groups is 1. The SMILES string of the molecule is BBC(=O)[C@@H](CCC)CCCCCNB. The summed E-state index contributed by atoms with van der Waals surface area (Å²) in [5, 5.41) is 3.15. The Morgan fingerprint density at radius 2 is 2.07 bits per heavy atom. The zero-order valence-corrected chi connectivity index (χ0v) is 10.6. The second kappa shape index (κ2) is 10.3. The predicted molar refractivity (Wildman–Crippen MR) is 74.1 cm³/mol. The Morgan fingerprint density at radius 1 is 1.33 bits per heavy atom. The van der Waals surface area contributed by atoms with Crippen molar-refractivity contribution < 1.29 is 4.79 Å². The Labute approximate surface area is 97.0 Å². The summed E-state index contributed by atoms with van der Waals surface area (Å²) < 4.78 is 0. The lowest BCUT2D eigenvalue weighted by atomic mass is 9.49. The number of rotatable bonds is 10. The third kappa shape index (κ3) is 7.72. The first kappa shape index (κ1) is 14.8. The maximum atomic E-state index is 11.6. The van der Waals surface area contributed by atoms with E-state index >= 15 is 0 Å². The number of unbranched alkanes of at least 4 members (excludes halogenated alkanes) is 2. The number of hydrogen-bond acceptors (Lipinski definition) is 2. The number of nitrogens with one attached hydrogen (secondary N) is 1. The minimum absolute atomic E-state index is 0.342. The summed E-state index contributed by atoms with van der Waals surface area (Å²) in [6.45, 7) is 3.26. The fourth-order valence-corrected chi connectivity index (χ4v) is 1.97. The van der Waals surface area contributed by atoms with Crippen molar-refractivity contribution >= 4 is 28.6 Å². The molecular formula is C10H24B3NO. The van der Waals surface area contributed by atoms with Crippen LogP contribution in [0, 0.1) is 5.92 Å². The highest BCUT2D eigenvalue weighted by atomic mass is 16.1. The van der Waals surface area contributed by atoms with Crippen LogP contribution in [0.4, 0.5) is 0 Å². The van der Waals surface area contributed by atoms with Gasteiger partial charge in [0, 0.05) is 5.92 Å². The first-order valence-electron chi connectivity index (χ1n) is 6.43. The van der Waals surface area contributed by atoms with E-state index in [0.29, 0.717) is 18.8 Å². The maximum Gasteiger partial charge on any atom is 0.181 e. The molecule has 0 amide bonds. The van der Waals surface area contributed by atoms with E-state index in [9.17, 15) is 4.79 Å². The van der Waals surface area contributed by atoms with Crippen LogP contribution in [0.25, 0.3) is 0 Å². The smallest absolute Gasteiger partial charge is 0.181 e. The first-order chi connectivity index (χ1) is 7.26. The standard InChI is InChI=1S/C10H24B3NO/c1-2-6-9(10(15)13-11)7-4-3-5-8-14-12/h9,13-14H,2-8,11-12H2,1H3/t9-/m0/s1. The van der Waals surface area contributed by atoms with Crippen LogP contribution < -0.4 is 5.23 Å². The lowest BCUT2D eigenvalue weighted by Crippen LogP contribution is -2.21. The zero-order valence-electron chi connectivity index (χ0n) is 10.6. The molecule has 0 aliphatic carbocycles.